The van der Waals surface area contributed by atoms with Gasteiger partial charge in [-0.1, -0.05) is 36.4 Å². The van der Waals surface area contributed by atoms with Crippen LogP contribution in [-0.4, -0.2) is 22.8 Å². The van der Waals surface area contributed by atoms with Crippen molar-refractivity contribution in [1.82, 2.24) is 10.3 Å². The number of nitrogens with one attached hydrogen (secondary N) is 1. The fourth-order valence-electron chi connectivity index (χ4n) is 4.39. The highest BCUT2D eigenvalue weighted by Gasteiger charge is 2.42. The molecule has 0 spiro atoms. The van der Waals surface area contributed by atoms with Crippen molar-refractivity contribution in [3.63, 3.8) is 0 Å². The number of hydrogen-bond donors (Lipinski definition) is 1. The molecule has 1 aromatic carbocycles. The lowest BCUT2D eigenvalue weighted by atomic mass is 9.73. The van der Waals surface area contributed by atoms with Gasteiger partial charge in [-0.3, -0.25) is 9.78 Å². The van der Waals surface area contributed by atoms with Gasteiger partial charge in [0.1, 0.15) is 0 Å². The number of dihydropyridines is 1. The number of hydrogen-bond acceptors (Lipinski definition) is 5. The molecule has 2 atom stereocenters. The van der Waals surface area contributed by atoms with Gasteiger partial charge >= 0.3 is 5.97 Å². The number of pyridine rings is 1. The van der Waals surface area contributed by atoms with E-state index in [4.69, 9.17) is 4.74 Å². The molecule has 2 aromatic rings. The van der Waals surface area contributed by atoms with Crippen LogP contribution in [0.2, 0.25) is 0 Å². The summed E-state index contributed by atoms with van der Waals surface area (Å²) >= 11 is 0. The molecule has 1 aromatic heterocycles. The van der Waals surface area contributed by atoms with Gasteiger partial charge in [0, 0.05) is 29.6 Å². The average molecular weight is 402 g/mol. The van der Waals surface area contributed by atoms with Gasteiger partial charge in [-0.25, -0.2) is 4.79 Å². The zero-order valence-corrected chi connectivity index (χ0v) is 17.5. The average Bonchev–Trinajstić information content (AvgIpc) is 2.73. The van der Waals surface area contributed by atoms with Crippen molar-refractivity contribution in [2.45, 2.75) is 51.6 Å². The third kappa shape index (κ3) is 3.80. The van der Waals surface area contributed by atoms with Crippen LogP contribution in [0.25, 0.3) is 0 Å². The highest BCUT2D eigenvalue weighted by atomic mass is 16.5. The van der Waals surface area contributed by atoms with Crippen LogP contribution in [0.5, 0.6) is 0 Å². The Morgan fingerprint density at radius 2 is 1.83 bits per heavy atom. The lowest BCUT2D eigenvalue weighted by Gasteiger charge is -2.36. The highest BCUT2D eigenvalue weighted by Crippen LogP contribution is 2.45. The second-order valence-electron chi connectivity index (χ2n) is 8.14. The zero-order valence-electron chi connectivity index (χ0n) is 17.5. The Labute approximate surface area is 176 Å². The Hall–Kier alpha value is -3.21. The molecular weight excluding hydrogens is 376 g/mol. The van der Waals surface area contributed by atoms with Crippen LogP contribution in [0.1, 0.15) is 56.7 Å². The van der Waals surface area contributed by atoms with Crippen molar-refractivity contribution in [2.75, 3.05) is 0 Å². The second-order valence-corrected chi connectivity index (χ2v) is 8.14. The molecule has 0 saturated carbocycles. The van der Waals surface area contributed by atoms with E-state index in [1.54, 1.807) is 6.20 Å². The lowest BCUT2D eigenvalue weighted by Crippen LogP contribution is -2.36. The predicted octanol–water partition coefficient (Wildman–Crippen LogP) is 4.39. The van der Waals surface area contributed by atoms with Crippen LogP contribution < -0.4 is 5.32 Å². The third-order valence-electron chi connectivity index (χ3n) is 5.64. The Bertz CT molecular complexity index is 1020. The Morgan fingerprint density at radius 1 is 1.10 bits per heavy atom. The van der Waals surface area contributed by atoms with E-state index in [9.17, 15) is 9.59 Å². The summed E-state index contributed by atoms with van der Waals surface area (Å²) in [4.78, 5) is 30.9. The SMILES string of the molecule is CC1=C(C(=O)OC(C)C)[C@H](c2ccccn2)C2=C(C[C@@H](c3ccccc3)CC2=O)N1. The molecule has 1 N–H and O–H groups in total. The van der Waals surface area contributed by atoms with Crippen LogP contribution in [-0.2, 0) is 14.3 Å². The maximum atomic E-state index is 13.4. The zero-order chi connectivity index (χ0) is 21.3. The van der Waals surface area contributed by atoms with Crippen molar-refractivity contribution in [2.24, 2.45) is 0 Å². The van der Waals surface area contributed by atoms with Crippen LogP contribution >= 0.6 is 0 Å². The van der Waals surface area contributed by atoms with Gasteiger partial charge in [-0.2, -0.15) is 0 Å². The summed E-state index contributed by atoms with van der Waals surface area (Å²) in [6.45, 7) is 5.51. The molecule has 154 valence electrons. The first-order valence-corrected chi connectivity index (χ1v) is 10.4. The molecule has 30 heavy (non-hydrogen) atoms. The topological polar surface area (TPSA) is 68.3 Å². The van der Waals surface area contributed by atoms with E-state index in [0.717, 1.165) is 23.4 Å². The largest absolute Gasteiger partial charge is 0.460 e. The molecule has 4 rings (SSSR count). The van der Waals surface area contributed by atoms with Crippen molar-refractivity contribution in [3.05, 3.63) is 88.5 Å². The van der Waals surface area contributed by atoms with E-state index >= 15 is 0 Å². The summed E-state index contributed by atoms with van der Waals surface area (Å²) in [6, 6.07) is 15.7. The van der Waals surface area contributed by atoms with Gasteiger partial charge in [0.15, 0.2) is 5.78 Å². The minimum absolute atomic E-state index is 0.0515. The molecule has 0 radical (unpaired) electrons. The molecule has 5 heteroatoms. The number of esters is 1. The number of Topliss-reactive ketones (excluding diaryl/α,β-unsaturated/α-hetero) is 1. The fourth-order valence-corrected chi connectivity index (χ4v) is 4.39. The molecule has 2 heterocycles. The standard InChI is InChI=1S/C25H26N2O3/c1-15(2)30-25(29)22-16(3)27-20-13-18(17-9-5-4-6-10-17)14-21(28)23(20)24(22)19-11-7-8-12-26-19/h4-12,15,18,24,27H,13-14H2,1-3H3/t18-,24+/m1/s1. The number of benzene rings is 1. The van der Waals surface area contributed by atoms with E-state index in [-0.39, 0.29) is 17.8 Å². The fraction of sp³-hybridized carbons (Fsp3) is 0.320. The summed E-state index contributed by atoms with van der Waals surface area (Å²) in [5.74, 6) is -0.755. The Morgan fingerprint density at radius 3 is 2.50 bits per heavy atom. The normalized spacial score (nSPS) is 21.4. The third-order valence-corrected chi connectivity index (χ3v) is 5.64. The van der Waals surface area contributed by atoms with Crippen LogP contribution in [0, 0.1) is 0 Å². The van der Waals surface area contributed by atoms with Gasteiger partial charge in [-0.05, 0) is 50.8 Å². The van der Waals surface area contributed by atoms with Crippen molar-refractivity contribution < 1.29 is 14.3 Å². The number of ether oxygens (including phenoxy) is 1. The van der Waals surface area contributed by atoms with E-state index in [1.807, 2.05) is 57.2 Å². The molecule has 5 nitrogen and oxygen atoms in total. The monoisotopic (exact) mass is 402 g/mol. The van der Waals surface area contributed by atoms with E-state index < -0.39 is 11.9 Å². The molecule has 1 aliphatic heterocycles. The van der Waals surface area contributed by atoms with Gasteiger partial charge < -0.3 is 10.1 Å². The minimum atomic E-state index is -0.516. The second kappa shape index (κ2) is 8.27. The summed E-state index contributed by atoms with van der Waals surface area (Å²) in [5.41, 5.74) is 4.55. The molecular formula is C25H26N2O3. The van der Waals surface area contributed by atoms with Crippen molar-refractivity contribution in [1.29, 1.82) is 0 Å². The number of carbonyl (C=O) groups excluding carboxylic acids is 2. The molecule has 0 saturated heterocycles. The molecule has 0 amide bonds. The van der Waals surface area contributed by atoms with Crippen LogP contribution in [0.15, 0.2) is 77.3 Å². The first-order chi connectivity index (χ1) is 14.5. The maximum Gasteiger partial charge on any atom is 0.337 e. The molecule has 0 fully saturated rings. The van der Waals surface area contributed by atoms with Gasteiger partial charge in [-0.15, -0.1) is 0 Å². The predicted molar refractivity (Wildman–Crippen MR) is 114 cm³/mol. The first-order valence-electron chi connectivity index (χ1n) is 10.4. The summed E-state index contributed by atoms with van der Waals surface area (Å²) in [5, 5.41) is 3.36. The van der Waals surface area contributed by atoms with E-state index in [1.165, 1.54) is 0 Å². The number of rotatable bonds is 4. The smallest absolute Gasteiger partial charge is 0.337 e. The maximum absolute atomic E-state index is 13.4. The highest BCUT2D eigenvalue weighted by molar-refractivity contribution is 6.04. The quantitative estimate of drug-likeness (QED) is 0.768. The van der Waals surface area contributed by atoms with Gasteiger partial charge in [0.05, 0.1) is 23.3 Å². The number of carbonyl (C=O) groups is 2. The number of nitrogens with zero attached hydrogens (tertiary/aromatic N) is 1. The van der Waals surface area contributed by atoms with Crippen molar-refractivity contribution >= 4 is 11.8 Å². The van der Waals surface area contributed by atoms with E-state index in [0.29, 0.717) is 23.3 Å². The van der Waals surface area contributed by atoms with Crippen LogP contribution in [0.4, 0.5) is 0 Å². The molecule has 1 aliphatic carbocycles. The molecule has 0 bridgehead atoms. The summed E-state index contributed by atoms with van der Waals surface area (Å²) in [6.07, 6.45) is 2.58. The minimum Gasteiger partial charge on any atom is -0.460 e. The number of aromatic nitrogens is 1. The summed E-state index contributed by atoms with van der Waals surface area (Å²) < 4.78 is 5.52. The molecule has 0 unspecified atom stereocenters. The number of allylic oxidation sites excluding steroid dienone is 3. The first kappa shape index (κ1) is 20.1. The van der Waals surface area contributed by atoms with Crippen LogP contribution in [0.3, 0.4) is 0 Å². The lowest BCUT2D eigenvalue weighted by molar-refractivity contribution is -0.143. The Balaban J connectivity index is 1.78. The van der Waals surface area contributed by atoms with Gasteiger partial charge in [0.25, 0.3) is 0 Å². The molecule has 2 aliphatic rings. The van der Waals surface area contributed by atoms with E-state index in [2.05, 4.69) is 22.4 Å². The van der Waals surface area contributed by atoms with Gasteiger partial charge in [0.2, 0.25) is 0 Å². The summed E-state index contributed by atoms with van der Waals surface area (Å²) in [7, 11) is 0. The Kier molecular flexibility index (Phi) is 5.53. The van der Waals surface area contributed by atoms with Crippen molar-refractivity contribution in [3.8, 4) is 0 Å². The number of ketones is 1.